The van der Waals surface area contributed by atoms with Crippen LogP contribution in [-0.2, 0) is 0 Å². The van der Waals surface area contributed by atoms with Crippen LogP contribution in [0.1, 0.15) is 24.8 Å². The van der Waals surface area contributed by atoms with Gasteiger partial charge >= 0.3 is 0 Å². The summed E-state index contributed by atoms with van der Waals surface area (Å²) < 4.78 is 1.56. The van der Waals surface area contributed by atoms with Crippen molar-refractivity contribution in [2.75, 3.05) is 0 Å². The zero-order valence-electron chi connectivity index (χ0n) is 13.6. The van der Waals surface area contributed by atoms with Crippen molar-refractivity contribution >= 4 is 55.3 Å². The van der Waals surface area contributed by atoms with Crippen LogP contribution in [0.2, 0.25) is 0 Å². The van der Waals surface area contributed by atoms with E-state index in [1.165, 1.54) is 19.3 Å². The highest BCUT2D eigenvalue weighted by molar-refractivity contribution is 9.11. The molecule has 2 saturated carbocycles. The quantitative estimate of drug-likeness (QED) is 0.420. The van der Waals surface area contributed by atoms with Gasteiger partial charge in [0.25, 0.3) is 0 Å². The SMILES string of the molecule is Oc1c(Br)cc(Br)cc1/C=C/NC(=S)N[C@H]1C[C@@H]2C[C@@H]1[C@H]1C=CC[C@H]21. The Morgan fingerprint density at radius 3 is 2.92 bits per heavy atom. The number of phenolic OH excluding ortho intramolecular Hbond substituents is 1. The van der Waals surface area contributed by atoms with E-state index in [0.717, 1.165) is 33.7 Å². The Morgan fingerprint density at radius 1 is 1.24 bits per heavy atom. The van der Waals surface area contributed by atoms with E-state index in [2.05, 4.69) is 54.6 Å². The van der Waals surface area contributed by atoms with Crippen LogP contribution < -0.4 is 10.6 Å². The number of fused-ring (bicyclic) bond motifs is 5. The molecule has 5 atom stereocenters. The molecule has 2 fully saturated rings. The Labute approximate surface area is 170 Å². The van der Waals surface area contributed by atoms with E-state index in [-0.39, 0.29) is 5.75 Å². The molecule has 4 rings (SSSR count). The first-order chi connectivity index (χ1) is 12.0. The molecule has 3 N–H and O–H groups in total. The summed E-state index contributed by atoms with van der Waals surface area (Å²) in [6.07, 6.45) is 12.2. The molecule has 0 spiro atoms. The van der Waals surface area contributed by atoms with Gasteiger partial charge in [-0.05, 0) is 89.3 Å². The lowest BCUT2D eigenvalue weighted by molar-refractivity contribution is 0.246. The third-order valence-corrected chi connectivity index (χ3v) is 7.16. The summed E-state index contributed by atoms with van der Waals surface area (Å²) in [5, 5.41) is 17.4. The number of rotatable bonds is 3. The monoisotopic (exact) mass is 482 g/mol. The van der Waals surface area contributed by atoms with Crippen molar-refractivity contribution in [2.45, 2.75) is 25.3 Å². The topological polar surface area (TPSA) is 44.3 Å². The van der Waals surface area contributed by atoms with Gasteiger partial charge in [-0.2, -0.15) is 0 Å². The first-order valence-electron chi connectivity index (χ1n) is 8.61. The largest absolute Gasteiger partial charge is 0.506 e. The zero-order chi connectivity index (χ0) is 17.6. The Kier molecular flexibility index (Phi) is 4.95. The average molecular weight is 484 g/mol. The van der Waals surface area contributed by atoms with E-state index < -0.39 is 0 Å². The molecule has 3 nitrogen and oxygen atoms in total. The van der Waals surface area contributed by atoms with E-state index in [1.807, 2.05) is 18.2 Å². The fourth-order valence-electron chi connectivity index (χ4n) is 4.84. The van der Waals surface area contributed by atoms with E-state index in [0.29, 0.717) is 15.6 Å². The molecule has 6 heteroatoms. The Morgan fingerprint density at radius 2 is 2.08 bits per heavy atom. The molecule has 0 aromatic heterocycles. The first kappa shape index (κ1) is 17.6. The van der Waals surface area contributed by atoms with Crippen molar-refractivity contribution in [2.24, 2.45) is 23.7 Å². The minimum absolute atomic E-state index is 0.215. The number of phenols is 1. The van der Waals surface area contributed by atoms with Crippen molar-refractivity contribution in [3.63, 3.8) is 0 Å². The molecule has 132 valence electrons. The van der Waals surface area contributed by atoms with Gasteiger partial charge in [-0.25, -0.2) is 0 Å². The number of allylic oxidation sites excluding steroid dienone is 2. The van der Waals surface area contributed by atoms with Crippen molar-refractivity contribution in [3.05, 3.63) is 45.0 Å². The molecule has 25 heavy (non-hydrogen) atoms. The van der Waals surface area contributed by atoms with Crippen LogP contribution in [0.15, 0.2) is 39.4 Å². The summed E-state index contributed by atoms with van der Waals surface area (Å²) in [5.74, 6) is 3.44. The Balaban J connectivity index is 1.34. The summed E-state index contributed by atoms with van der Waals surface area (Å²) in [6.45, 7) is 0. The predicted octanol–water partition coefficient (Wildman–Crippen LogP) is 4.95. The lowest BCUT2D eigenvalue weighted by Gasteiger charge is -2.32. The van der Waals surface area contributed by atoms with Crippen LogP contribution in [0.25, 0.3) is 6.08 Å². The van der Waals surface area contributed by atoms with E-state index in [4.69, 9.17) is 12.2 Å². The normalized spacial score (nSPS) is 32.3. The maximum Gasteiger partial charge on any atom is 0.170 e. The summed E-state index contributed by atoms with van der Waals surface area (Å²) >= 11 is 12.2. The molecular weight excluding hydrogens is 464 g/mol. The number of hydrogen-bond acceptors (Lipinski definition) is 2. The third-order valence-electron chi connectivity index (χ3n) is 5.86. The average Bonchev–Trinajstić information content (AvgIpc) is 3.24. The summed E-state index contributed by atoms with van der Waals surface area (Å²) in [6, 6.07) is 4.15. The summed E-state index contributed by atoms with van der Waals surface area (Å²) in [7, 11) is 0. The first-order valence-corrected chi connectivity index (χ1v) is 10.6. The standard InChI is InChI=1S/C19H20Br2N2OS/c20-12-6-10(18(24)16(21)9-12)4-5-22-19(25)23-17-8-11-7-15(17)14-3-1-2-13(11)14/h1,3-6,9,11,13-15,17,24H,2,7-8H2,(H2,22,23,25)/b5-4+/t11-,13+,14-,15+,17-/m0/s1. The molecule has 1 aromatic rings. The van der Waals surface area contributed by atoms with Crippen molar-refractivity contribution < 1.29 is 5.11 Å². The van der Waals surface area contributed by atoms with Crippen molar-refractivity contribution in [3.8, 4) is 5.75 Å². The molecule has 2 bridgehead atoms. The summed E-state index contributed by atoms with van der Waals surface area (Å²) in [5.41, 5.74) is 0.718. The number of thiocarbonyl (C=S) groups is 1. The molecule has 0 unspecified atom stereocenters. The van der Waals surface area contributed by atoms with Gasteiger partial charge in [0.15, 0.2) is 5.11 Å². The van der Waals surface area contributed by atoms with Gasteiger partial charge in [0, 0.05) is 22.3 Å². The number of benzene rings is 1. The van der Waals surface area contributed by atoms with Gasteiger partial charge < -0.3 is 15.7 Å². The smallest absolute Gasteiger partial charge is 0.170 e. The van der Waals surface area contributed by atoms with E-state index >= 15 is 0 Å². The van der Waals surface area contributed by atoms with E-state index in [1.54, 1.807) is 6.20 Å². The number of halogens is 2. The molecule has 3 aliphatic carbocycles. The maximum atomic E-state index is 10.1. The van der Waals surface area contributed by atoms with Crippen LogP contribution >= 0.6 is 44.1 Å². The highest BCUT2D eigenvalue weighted by Crippen LogP contribution is 2.56. The lowest BCUT2D eigenvalue weighted by atomic mass is 9.79. The van der Waals surface area contributed by atoms with Crippen LogP contribution in [0.5, 0.6) is 5.75 Å². The van der Waals surface area contributed by atoms with Gasteiger partial charge in [-0.3, -0.25) is 0 Å². The Bertz CT molecular complexity index is 764. The number of hydrogen-bond donors (Lipinski definition) is 3. The molecule has 0 radical (unpaired) electrons. The summed E-state index contributed by atoms with van der Waals surface area (Å²) in [4.78, 5) is 0. The van der Waals surface area contributed by atoms with Crippen LogP contribution in [0.4, 0.5) is 0 Å². The molecule has 0 saturated heterocycles. The fraction of sp³-hybridized carbons (Fsp3) is 0.421. The maximum absolute atomic E-state index is 10.1. The second-order valence-corrected chi connectivity index (χ2v) is 9.36. The van der Waals surface area contributed by atoms with E-state index in [9.17, 15) is 5.11 Å². The second-order valence-electron chi connectivity index (χ2n) is 7.18. The molecule has 0 aliphatic heterocycles. The van der Waals surface area contributed by atoms with Gasteiger partial charge in [-0.15, -0.1) is 0 Å². The predicted molar refractivity (Wildman–Crippen MR) is 112 cm³/mol. The lowest BCUT2D eigenvalue weighted by Crippen LogP contribution is -2.45. The molecular formula is C19H20Br2N2OS. The fourth-order valence-corrected chi connectivity index (χ4v) is 6.32. The highest BCUT2D eigenvalue weighted by atomic mass is 79.9. The van der Waals surface area contributed by atoms with Gasteiger partial charge in [0.1, 0.15) is 5.75 Å². The van der Waals surface area contributed by atoms with Crippen LogP contribution in [-0.4, -0.2) is 16.3 Å². The zero-order valence-corrected chi connectivity index (χ0v) is 17.6. The molecule has 1 aromatic carbocycles. The van der Waals surface area contributed by atoms with Crippen LogP contribution in [0, 0.1) is 23.7 Å². The number of nitrogens with one attached hydrogen (secondary N) is 2. The molecule has 0 amide bonds. The van der Waals surface area contributed by atoms with Gasteiger partial charge in [0.2, 0.25) is 0 Å². The minimum atomic E-state index is 0.215. The minimum Gasteiger partial charge on any atom is -0.506 e. The van der Waals surface area contributed by atoms with Crippen LogP contribution in [0.3, 0.4) is 0 Å². The van der Waals surface area contributed by atoms with Crippen molar-refractivity contribution in [1.29, 1.82) is 0 Å². The second kappa shape index (κ2) is 7.05. The van der Waals surface area contributed by atoms with Gasteiger partial charge in [-0.1, -0.05) is 28.1 Å². The third kappa shape index (κ3) is 3.40. The molecule has 0 heterocycles. The molecule has 3 aliphatic rings. The van der Waals surface area contributed by atoms with Crippen molar-refractivity contribution in [1.82, 2.24) is 10.6 Å². The Hall–Kier alpha value is -0.850. The highest BCUT2D eigenvalue weighted by Gasteiger charge is 2.52. The van der Waals surface area contributed by atoms with Gasteiger partial charge in [0.05, 0.1) is 4.47 Å². The number of aromatic hydroxyl groups is 1.